The third-order valence-electron chi connectivity index (χ3n) is 4.32. The van der Waals surface area contributed by atoms with Gasteiger partial charge in [0.1, 0.15) is 11.0 Å². The Kier molecular flexibility index (Phi) is 5.50. The molecule has 2 aromatic heterocycles. The van der Waals surface area contributed by atoms with Crippen molar-refractivity contribution in [3.05, 3.63) is 59.4 Å². The average molecular weight is 413 g/mol. The fourth-order valence-electron chi connectivity index (χ4n) is 2.64. The molecular formula is C20H20N4O2S2. The third-order valence-corrected chi connectivity index (χ3v) is 6.73. The van der Waals surface area contributed by atoms with Gasteiger partial charge in [-0.2, -0.15) is 0 Å². The van der Waals surface area contributed by atoms with Crippen molar-refractivity contribution in [1.82, 2.24) is 9.97 Å². The van der Waals surface area contributed by atoms with Crippen molar-refractivity contribution in [2.75, 3.05) is 10.0 Å². The highest BCUT2D eigenvalue weighted by atomic mass is 32.2. The zero-order valence-corrected chi connectivity index (χ0v) is 17.0. The van der Waals surface area contributed by atoms with Crippen molar-refractivity contribution in [1.29, 1.82) is 0 Å². The molecule has 1 fully saturated rings. The number of aromatic nitrogens is 2. The Balaban J connectivity index is 1.32. The van der Waals surface area contributed by atoms with Crippen LogP contribution in [0.25, 0.3) is 11.1 Å². The predicted molar refractivity (Wildman–Crippen MR) is 114 cm³/mol. The summed E-state index contributed by atoms with van der Waals surface area (Å²) >= 11 is 1.37. The van der Waals surface area contributed by atoms with Gasteiger partial charge in [-0.25, -0.2) is 9.19 Å². The molecule has 4 rings (SSSR count). The van der Waals surface area contributed by atoms with E-state index in [4.69, 9.17) is 0 Å². The maximum atomic E-state index is 12.3. The molecule has 0 aliphatic heterocycles. The van der Waals surface area contributed by atoms with Gasteiger partial charge in [0, 0.05) is 28.5 Å². The van der Waals surface area contributed by atoms with Crippen molar-refractivity contribution < 1.29 is 9.00 Å². The summed E-state index contributed by atoms with van der Waals surface area (Å²) in [7, 11) is -1.07. The van der Waals surface area contributed by atoms with Gasteiger partial charge in [0.15, 0.2) is 5.13 Å². The van der Waals surface area contributed by atoms with Crippen LogP contribution in [-0.2, 0) is 22.2 Å². The number of carbonyl (C=O) groups is 1. The smallest absolute Gasteiger partial charge is 0.230 e. The van der Waals surface area contributed by atoms with Crippen molar-refractivity contribution in [2.45, 2.75) is 31.4 Å². The van der Waals surface area contributed by atoms with Crippen LogP contribution < -0.4 is 10.0 Å². The van der Waals surface area contributed by atoms with E-state index >= 15 is 0 Å². The van der Waals surface area contributed by atoms with E-state index in [0.717, 1.165) is 35.3 Å². The second kappa shape index (κ2) is 8.20. The number of pyridine rings is 1. The second-order valence-corrected chi connectivity index (χ2v) is 9.06. The first kappa shape index (κ1) is 18.8. The number of hydrogen-bond acceptors (Lipinski definition) is 5. The van der Waals surface area contributed by atoms with Crippen LogP contribution in [-0.4, -0.2) is 25.3 Å². The van der Waals surface area contributed by atoms with Crippen LogP contribution >= 0.6 is 11.3 Å². The van der Waals surface area contributed by atoms with Gasteiger partial charge in [0.05, 0.1) is 17.4 Å². The number of benzene rings is 1. The predicted octanol–water partition coefficient (Wildman–Crippen LogP) is 3.93. The number of nitrogens with one attached hydrogen (secondary N) is 2. The number of nitrogens with zero attached hydrogens (tertiary/aromatic N) is 2. The normalized spacial score (nSPS) is 14.5. The molecule has 6 nitrogen and oxygen atoms in total. The quantitative estimate of drug-likeness (QED) is 0.616. The Morgan fingerprint density at radius 3 is 2.61 bits per heavy atom. The molecule has 1 unspecified atom stereocenters. The topological polar surface area (TPSA) is 84.0 Å². The van der Waals surface area contributed by atoms with Gasteiger partial charge in [-0.05, 0) is 43.5 Å². The van der Waals surface area contributed by atoms with E-state index < -0.39 is 11.0 Å². The molecule has 1 aromatic carbocycles. The molecule has 1 aliphatic carbocycles. The largest absolute Gasteiger partial charge is 0.326 e. The molecule has 1 saturated carbocycles. The minimum Gasteiger partial charge on any atom is -0.326 e. The molecule has 2 N–H and O–H groups in total. The maximum Gasteiger partial charge on any atom is 0.230 e. The first-order valence-corrected chi connectivity index (χ1v) is 11.1. The minimum absolute atomic E-state index is 0.134. The Morgan fingerprint density at radius 2 is 1.93 bits per heavy atom. The number of rotatable bonds is 7. The number of hydrogen-bond donors (Lipinski definition) is 2. The summed E-state index contributed by atoms with van der Waals surface area (Å²) in [6.45, 7) is 1.95. The van der Waals surface area contributed by atoms with Crippen LogP contribution in [0.15, 0.2) is 48.0 Å². The molecule has 0 spiro atoms. The summed E-state index contributed by atoms with van der Waals surface area (Å²) in [5, 5.41) is 5.55. The average Bonchev–Trinajstić information content (AvgIpc) is 3.45. The summed E-state index contributed by atoms with van der Waals surface area (Å²) in [5.74, 6) is -0.134. The fourth-order valence-corrected chi connectivity index (χ4v) is 4.58. The number of amides is 1. The highest BCUT2D eigenvalue weighted by molar-refractivity contribution is 7.87. The van der Waals surface area contributed by atoms with Crippen LogP contribution in [0.4, 0.5) is 10.8 Å². The molecule has 0 bridgehead atoms. The Hall–Kier alpha value is -2.58. The highest BCUT2D eigenvalue weighted by Crippen LogP contribution is 2.28. The zero-order chi connectivity index (χ0) is 19.5. The van der Waals surface area contributed by atoms with E-state index in [-0.39, 0.29) is 17.6 Å². The van der Waals surface area contributed by atoms with Crippen molar-refractivity contribution in [3.63, 3.8) is 0 Å². The van der Waals surface area contributed by atoms with Crippen LogP contribution in [0.3, 0.4) is 0 Å². The van der Waals surface area contributed by atoms with E-state index in [2.05, 4.69) is 20.0 Å². The summed E-state index contributed by atoms with van der Waals surface area (Å²) in [5.41, 5.74) is 4.46. The molecule has 8 heteroatoms. The molecule has 1 aliphatic rings. The number of thiazole rings is 1. The van der Waals surface area contributed by atoms with Crippen molar-refractivity contribution in [2.24, 2.45) is 0 Å². The summed E-state index contributed by atoms with van der Waals surface area (Å²) < 4.78 is 14.8. The molecule has 1 amide bonds. The molecule has 3 aromatic rings. The molecule has 144 valence electrons. The first-order chi connectivity index (χ1) is 13.6. The van der Waals surface area contributed by atoms with Crippen LogP contribution in [0.1, 0.15) is 24.2 Å². The van der Waals surface area contributed by atoms with Crippen LogP contribution in [0.5, 0.6) is 0 Å². The summed E-state index contributed by atoms with van der Waals surface area (Å²) in [6.07, 6.45) is 4.02. The zero-order valence-electron chi connectivity index (χ0n) is 15.3. The van der Waals surface area contributed by atoms with E-state index in [1.54, 1.807) is 0 Å². The van der Waals surface area contributed by atoms with Crippen molar-refractivity contribution >= 4 is 39.0 Å². The van der Waals surface area contributed by atoms with Gasteiger partial charge in [-0.15, -0.1) is 11.3 Å². The van der Waals surface area contributed by atoms with Crippen molar-refractivity contribution in [3.8, 4) is 11.1 Å². The van der Waals surface area contributed by atoms with Gasteiger partial charge in [0.25, 0.3) is 0 Å². The summed E-state index contributed by atoms with van der Waals surface area (Å²) in [4.78, 5) is 20.9. The molecule has 0 radical (unpaired) electrons. The van der Waals surface area contributed by atoms with Gasteiger partial charge < -0.3 is 5.32 Å². The first-order valence-electron chi connectivity index (χ1n) is 9.01. The molecule has 2 heterocycles. The molecule has 28 heavy (non-hydrogen) atoms. The van der Waals surface area contributed by atoms with E-state index in [1.807, 2.05) is 54.9 Å². The highest BCUT2D eigenvalue weighted by Gasteiger charge is 2.29. The van der Waals surface area contributed by atoms with E-state index in [9.17, 15) is 9.00 Å². The number of carbonyl (C=O) groups excluding carboxylic acids is 1. The molecular weight excluding hydrogens is 392 g/mol. The standard InChI is InChI=1S/C20H20N4O2S2/c1-13-2-3-15(11-21-13)14-4-6-16(7-5-14)22-19(25)10-17-12-27-20(23-17)24-28(26)18-8-9-18/h2-7,11-12,18H,8-10H2,1H3,(H,22,25)(H,23,24). The third kappa shape index (κ3) is 4.82. The lowest BCUT2D eigenvalue weighted by Crippen LogP contribution is -2.14. The van der Waals surface area contributed by atoms with Gasteiger partial charge in [0.2, 0.25) is 5.91 Å². The maximum absolute atomic E-state index is 12.3. The lowest BCUT2D eigenvalue weighted by molar-refractivity contribution is -0.115. The van der Waals surface area contributed by atoms with Gasteiger partial charge in [-0.1, -0.05) is 18.2 Å². The minimum atomic E-state index is -1.07. The number of anilines is 2. The van der Waals surface area contributed by atoms with E-state index in [0.29, 0.717) is 10.8 Å². The summed E-state index contributed by atoms with van der Waals surface area (Å²) in [6, 6.07) is 11.7. The Labute approximate surface area is 170 Å². The van der Waals surface area contributed by atoms with Gasteiger partial charge >= 0.3 is 0 Å². The Morgan fingerprint density at radius 1 is 1.18 bits per heavy atom. The van der Waals surface area contributed by atoms with Crippen LogP contribution in [0.2, 0.25) is 0 Å². The second-order valence-electron chi connectivity index (χ2n) is 6.73. The lowest BCUT2D eigenvalue weighted by atomic mass is 10.1. The lowest BCUT2D eigenvalue weighted by Gasteiger charge is -2.06. The van der Waals surface area contributed by atoms with Gasteiger partial charge in [-0.3, -0.25) is 14.5 Å². The Bertz CT molecular complexity index is 996. The molecule has 0 saturated heterocycles. The fraction of sp³-hybridized carbons (Fsp3) is 0.250. The van der Waals surface area contributed by atoms with E-state index in [1.165, 1.54) is 11.3 Å². The SMILES string of the molecule is Cc1ccc(-c2ccc(NC(=O)Cc3csc(NS(=O)C4CC4)n3)cc2)cn1. The number of aryl methyl sites for hydroxylation is 1. The monoisotopic (exact) mass is 412 g/mol. The van der Waals surface area contributed by atoms with Crippen LogP contribution in [0, 0.1) is 6.92 Å². The molecule has 1 atom stereocenters.